The van der Waals surface area contributed by atoms with E-state index in [4.69, 9.17) is 37.2 Å². The van der Waals surface area contributed by atoms with E-state index in [-0.39, 0.29) is 66.3 Å². The number of benzene rings is 2. The molecule has 2 saturated heterocycles. The monoisotopic (exact) mass is 732 g/mol. The quantitative estimate of drug-likeness (QED) is 0.155. The van der Waals surface area contributed by atoms with Gasteiger partial charge in [0.2, 0.25) is 0 Å². The zero-order valence-electron chi connectivity index (χ0n) is 26.4. The van der Waals surface area contributed by atoms with E-state index in [0.29, 0.717) is 63.7 Å². The molecule has 2 N–H and O–H groups in total. The van der Waals surface area contributed by atoms with Crippen LogP contribution in [0.3, 0.4) is 0 Å². The Bertz CT molecular complexity index is 1830. The highest BCUT2D eigenvalue weighted by atomic mass is 35.5. The number of carbonyl (C=O) groups excluding carboxylic acids is 2. The van der Waals surface area contributed by atoms with Gasteiger partial charge >= 0.3 is 11.9 Å². The van der Waals surface area contributed by atoms with Crippen LogP contribution in [0.4, 0.5) is 9.52 Å². The number of aliphatic hydroxyl groups excluding tert-OH is 2. The third-order valence-corrected chi connectivity index (χ3v) is 11.0. The minimum atomic E-state index is -0.663. The molecule has 15 heteroatoms. The lowest BCUT2D eigenvalue weighted by atomic mass is 9.99. The lowest BCUT2D eigenvalue weighted by Crippen LogP contribution is -2.46. The van der Waals surface area contributed by atoms with Gasteiger partial charge in [-0.25, -0.2) is 19.0 Å². The summed E-state index contributed by atoms with van der Waals surface area (Å²) in [5.74, 6) is -1.18. The third kappa shape index (κ3) is 7.02. The van der Waals surface area contributed by atoms with Crippen LogP contribution in [0.1, 0.15) is 70.9 Å². The molecule has 0 radical (unpaired) electrons. The molecule has 3 atom stereocenters. The molecule has 2 aromatic carbocycles. The zero-order valence-corrected chi connectivity index (χ0v) is 28.8. The molecule has 4 heterocycles. The number of aliphatic hydroxyl groups is 2. The van der Waals surface area contributed by atoms with Gasteiger partial charge in [-0.3, -0.25) is 4.90 Å². The van der Waals surface area contributed by atoms with Crippen LogP contribution in [0.15, 0.2) is 34.9 Å². The first-order valence-corrected chi connectivity index (χ1v) is 18.0. The minimum Gasteiger partial charge on any atom is -0.461 e. The molecule has 260 valence electrons. The molecule has 2 aliphatic heterocycles. The Hall–Kier alpha value is -3.33. The maximum atomic E-state index is 15.3. The molecule has 2 aromatic heterocycles. The summed E-state index contributed by atoms with van der Waals surface area (Å²) in [6.07, 6.45) is 4.35. The molecular formula is C34H35Cl2FN4O7S. The van der Waals surface area contributed by atoms with Gasteiger partial charge < -0.3 is 29.1 Å². The molecule has 49 heavy (non-hydrogen) atoms. The van der Waals surface area contributed by atoms with E-state index in [0.717, 1.165) is 31.7 Å². The van der Waals surface area contributed by atoms with Crippen molar-refractivity contribution in [1.82, 2.24) is 15.0 Å². The maximum absolute atomic E-state index is 15.3. The number of hydrogen-bond acceptors (Lipinski definition) is 12. The van der Waals surface area contributed by atoms with Crippen LogP contribution in [0, 0.1) is 5.82 Å². The van der Waals surface area contributed by atoms with Gasteiger partial charge in [0.25, 0.3) is 0 Å². The fraction of sp³-hybridized carbons (Fsp3) is 0.471. The van der Waals surface area contributed by atoms with Gasteiger partial charge in [0, 0.05) is 56.0 Å². The molecule has 7 rings (SSSR count). The largest absolute Gasteiger partial charge is 0.461 e. The highest BCUT2D eigenvalue weighted by Crippen LogP contribution is 2.47. The summed E-state index contributed by atoms with van der Waals surface area (Å²) in [7, 11) is 0. The van der Waals surface area contributed by atoms with Crippen molar-refractivity contribution >= 4 is 61.8 Å². The van der Waals surface area contributed by atoms with Crippen molar-refractivity contribution in [2.45, 2.75) is 62.6 Å². The van der Waals surface area contributed by atoms with Gasteiger partial charge in [-0.15, -0.1) is 0 Å². The van der Waals surface area contributed by atoms with Crippen LogP contribution in [-0.2, 0) is 9.47 Å². The third-order valence-electron chi connectivity index (χ3n) is 9.40. The van der Waals surface area contributed by atoms with Crippen LogP contribution in [0.5, 0.6) is 0 Å². The van der Waals surface area contributed by atoms with Crippen LogP contribution in [0.25, 0.3) is 21.5 Å². The first kappa shape index (κ1) is 34.1. The average molecular weight is 734 g/mol. The van der Waals surface area contributed by atoms with E-state index in [9.17, 15) is 19.8 Å². The van der Waals surface area contributed by atoms with Crippen LogP contribution < -0.4 is 4.90 Å². The Balaban J connectivity index is 1.04. The second kappa shape index (κ2) is 14.5. The fourth-order valence-electron chi connectivity index (χ4n) is 6.94. The highest BCUT2D eigenvalue weighted by molar-refractivity contribution is 7.22. The summed E-state index contributed by atoms with van der Waals surface area (Å²) in [5.41, 5.74) is 1.27. The normalized spacial score (nSPS) is 20.4. The van der Waals surface area contributed by atoms with E-state index in [1.165, 1.54) is 11.3 Å². The molecule has 3 fully saturated rings. The van der Waals surface area contributed by atoms with Crippen molar-refractivity contribution < 1.29 is 38.2 Å². The number of hydrogen-bond donors (Lipinski definition) is 2. The topological polar surface area (TPSA) is 138 Å². The van der Waals surface area contributed by atoms with Crippen LogP contribution in [0.2, 0.25) is 10.0 Å². The van der Waals surface area contributed by atoms with E-state index in [1.54, 1.807) is 29.2 Å². The Morgan fingerprint density at radius 2 is 1.71 bits per heavy atom. The predicted octanol–water partition coefficient (Wildman–Crippen LogP) is 6.07. The van der Waals surface area contributed by atoms with Gasteiger partial charge in [0.1, 0.15) is 29.5 Å². The van der Waals surface area contributed by atoms with Crippen molar-refractivity contribution in [1.29, 1.82) is 0 Å². The maximum Gasteiger partial charge on any atom is 0.344 e. The second-order valence-corrected chi connectivity index (χ2v) is 14.5. The summed E-state index contributed by atoms with van der Waals surface area (Å²) in [6.45, 7) is 0.871. The number of fused-ring (bicyclic) bond motifs is 3. The zero-order chi connectivity index (χ0) is 34.2. The summed E-state index contributed by atoms with van der Waals surface area (Å²) in [4.78, 5) is 35.2. The van der Waals surface area contributed by atoms with Gasteiger partial charge in [-0.1, -0.05) is 45.8 Å². The molecule has 1 saturated carbocycles. The van der Waals surface area contributed by atoms with Crippen LogP contribution >= 0.6 is 34.5 Å². The number of esters is 2. The van der Waals surface area contributed by atoms with Crippen molar-refractivity contribution in [3.8, 4) is 11.3 Å². The number of ether oxygens (including phenoxy) is 2. The Kier molecular flexibility index (Phi) is 10.1. The second-order valence-electron chi connectivity index (χ2n) is 12.7. The lowest BCUT2D eigenvalue weighted by molar-refractivity contribution is 0.0202. The highest BCUT2D eigenvalue weighted by Gasteiger charge is 2.45. The molecule has 4 aromatic rings. The van der Waals surface area contributed by atoms with E-state index in [1.807, 2.05) is 0 Å². The molecule has 11 nitrogen and oxygen atoms in total. The standard InChI is InChI=1S/C34H35Cl2FN4O7S/c35-23-2-1-3-24(36)27(23)30-28(31(48-39-30)18-4-5-18)33(45)47-22-16-20-6-7-21(17-22)41(20)34-38-29-25(37)14-19(15-26(29)49-34)32(44)46-13-10-40(8-11-42)9-12-43/h1-3,14-15,18,20-22,42-43H,4-13,16-17H2/t20-,21+,22-. The molecular weight excluding hydrogens is 698 g/mol. The number of halogens is 3. The first-order valence-electron chi connectivity index (χ1n) is 16.4. The number of piperidine rings is 1. The number of aromatic nitrogens is 2. The molecule has 3 aliphatic rings. The summed E-state index contributed by atoms with van der Waals surface area (Å²) < 4.78 is 33.0. The first-order chi connectivity index (χ1) is 23.7. The minimum absolute atomic E-state index is 0.0311. The van der Waals surface area contributed by atoms with Crippen molar-refractivity contribution in [2.75, 3.05) is 44.4 Å². The van der Waals surface area contributed by atoms with Gasteiger partial charge in [0.15, 0.2) is 16.7 Å². The smallest absolute Gasteiger partial charge is 0.344 e. The van der Waals surface area contributed by atoms with Gasteiger partial charge in [-0.05, 0) is 49.9 Å². The Labute approximate surface area is 295 Å². The fourth-order valence-corrected chi connectivity index (χ4v) is 8.68. The molecule has 0 amide bonds. The molecule has 2 bridgehead atoms. The lowest BCUT2D eigenvalue weighted by Gasteiger charge is -2.38. The van der Waals surface area contributed by atoms with Crippen molar-refractivity contribution in [3.63, 3.8) is 0 Å². The number of carbonyl (C=O) groups is 2. The molecule has 1 aliphatic carbocycles. The average Bonchev–Trinajstić information content (AvgIpc) is 3.57. The number of rotatable bonds is 13. The molecule has 0 unspecified atom stereocenters. The van der Waals surface area contributed by atoms with Gasteiger partial charge in [-0.2, -0.15) is 0 Å². The SMILES string of the molecule is O=C(OCCN(CCO)CCO)c1cc(F)c2nc(N3[C@@H]4CC[C@H]3C[C@H](OC(=O)c3c(-c5c(Cl)cccc5Cl)noc3C3CC3)C4)sc2c1. The Morgan fingerprint density at radius 3 is 2.37 bits per heavy atom. The summed E-state index contributed by atoms with van der Waals surface area (Å²) >= 11 is 14.3. The Morgan fingerprint density at radius 1 is 1.02 bits per heavy atom. The van der Waals surface area contributed by atoms with Crippen molar-refractivity contribution in [3.05, 3.63) is 63.1 Å². The van der Waals surface area contributed by atoms with Gasteiger partial charge in [0.05, 0.1) is 33.5 Å². The molecule has 0 spiro atoms. The van der Waals surface area contributed by atoms with Crippen molar-refractivity contribution in [2.24, 2.45) is 0 Å². The number of anilines is 1. The van der Waals surface area contributed by atoms with Crippen LogP contribution in [-0.4, -0.2) is 94.8 Å². The van der Waals surface area contributed by atoms with E-state index < -0.39 is 17.8 Å². The summed E-state index contributed by atoms with van der Waals surface area (Å²) in [5, 5.41) is 23.9. The van der Waals surface area contributed by atoms with E-state index >= 15 is 4.39 Å². The number of nitrogens with zero attached hydrogens (tertiary/aromatic N) is 4. The number of thiazole rings is 1. The predicted molar refractivity (Wildman–Crippen MR) is 182 cm³/mol. The summed E-state index contributed by atoms with van der Waals surface area (Å²) in [6, 6.07) is 7.90. The van der Waals surface area contributed by atoms with E-state index in [2.05, 4.69) is 15.0 Å².